The average molecular weight is 429 g/mol. The summed E-state index contributed by atoms with van der Waals surface area (Å²) in [6.45, 7) is 3.57. The number of anilines is 2. The Kier molecular flexibility index (Phi) is 5.67. The zero-order chi connectivity index (χ0) is 22.0. The number of pyridine rings is 1. The second-order valence-electron chi connectivity index (χ2n) is 7.51. The number of piperidine rings is 1. The number of halogens is 3. The summed E-state index contributed by atoms with van der Waals surface area (Å²) in [5.41, 5.74) is 0.124. The van der Waals surface area contributed by atoms with Gasteiger partial charge in [-0.3, -0.25) is 4.79 Å². The molecule has 0 saturated carbocycles. The van der Waals surface area contributed by atoms with Crippen LogP contribution in [0.5, 0.6) is 0 Å². The first kappa shape index (κ1) is 20.9. The van der Waals surface area contributed by atoms with Crippen LogP contribution < -0.4 is 10.2 Å². The molecule has 2 aromatic heterocycles. The number of nitrogens with zero attached hydrogens (tertiary/aromatic N) is 4. The van der Waals surface area contributed by atoms with Crippen molar-refractivity contribution in [2.75, 3.05) is 23.3 Å². The van der Waals surface area contributed by atoms with Crippen molar-refractivity contribution in [3.63, 3.8) is 0 Å². The maximum atomic E-state index is 13.9. The Morgan fingerprint density at radius 3 is 2.42 bits per heavy atom. The maximum absolute atomic E-state index is 13.9. The van der Waals surface area contributed by atoms with Crippen LogP contribution in [0.25, 0.3) is 5.69 Å². The van der Waals surface area contributed by atoms with Crippen LogP contribution in [0.3, 0.4) is 0 Å². The van der Waals surface area contributed by atoms with Crippen molar-refractivity contribution in [1.29, 1.82) is 0 Å². The number of hydrogen-bond donors (Lipinski definition) is 1. The van der Waals surface area contributed by atoms with Gasteiger partial charge in [0.15, 0.2) is 5.69 Å². The molecule has 6 nitrogen and oxygen atoms in total. The lowest BCUT2D eigenvalue weighted by molar-refractivity contribution is -0.143. The average Bonchev–Trinajstić information content (AvgIpc) is 3.21. The molecular formula is C22H22F3N5O. The Morgan fingerprint density at radius 1 is 1.03 bits per heavy atom. The number of amides is 1. The highest BCUT2D eigenvalue weighted by Gasteiger charge is 2.40. The SMILES string of the molecule is Cc1ccccc1-n1ncc(C(=O)Nc2ccc(N3CCCCC3)cn2)c1C(F)(F)F. The number of hydrogen-bond acceptors (Lipinski definition) is 4. The Labute approximate surface area is 177 Å². The van der Waals surface area contributed by atoms with Gasteiger partial charge in [-0.15, -0.1) is 0 Å². The van der Waals surface area contributed by atoms with Crippen molar-refractivity contribution in [3.8, 4) is 5.69 Å². The Balaban J connectivity index is 1.59. The molecule has 1 N–H and O–H groups in total. The van der Waals surface area contributed by atoms with Gasteiger partial charge in [0.25, 0.3) is 5.91 Å². The number of aryl methyl sites for hydroxylation is 1. The lowest BCUT2D eigenvalue weighted by Gasteiger charge is -2.28. The van der Waals surface area contributed by atoms with Crippen molar-refractivity contribution < 1.29 is 18.0 Å². The highest BCUT2D eigenvalue weighted by Crippen LogP contribution is 2.34. The molecule has 0 radical (unpaired) electrons. The standard InChI is InChI=1S/C22H22F3N5O/c1-15-7-3-4-8-18(15)30-20(22(23,24)25)17(14-27-30)21(31)28-19-10-9-16(13-26-19)29-11-5-2-6-12-29/h3-4,7-10,13-14H,2,5-6,11-12H2,1H3,(H,26,28,31). The molecule has 1 aliphatic rings. The summed E-state index contributed by atoms with van der Waals surface area (Å²) in [6, 6.07) is 9.97. The number of nitrogens with one attached hydrogen (secondary N) is 1. The molecule has 1 saturated heterocycles. The van der Waals surface area contributed by atoms with Gasteiger partial charge in [-0.1, -0.05) is 18.2 Å². The molecule has 0 unspecified atom stereocenters. The topological polar surface area (TPSA) is 63.1 Å². The van der Waals surface area contributed by atoms with E-state index in [9.17, 15) is 18.0 Å². The molecule has 3 heterocycles. The molecule has 9 heteroatoms. The lowest BCUT2D eigenvalue weighted by atomic mass is 10.1. The summed E-state index contributed by atoms with van der Waals surface area (Å²) >= 11 is 0. The molecule has 1 aliphatic heterocycles. The Hall–Kier alpha value is -3.36. The number of carbonyl (C=O) groups excluding carboxylic acids is 1. The molecule has 1 fully saturated rings. The summed E-state index contributed by atoms with van der Waals surface area (Å²) in [5, 5.41) is 6.32. The van der Waals surface area contributed by atoms with E-state index in [-0.39, 0.29) is 11.5 Å². The van der Waals surface area contributed by atoms with E-state index in [1.54, 1.807) is 37.4 Å². The number of carbonyl (C=O) groups is 1. The highest BCUT2D eigenvalue weighted by molar-refractivity contribution is 6.04. The van der Waals surface area contributed by atoms with Gasteiger partial charge in [0.05, 0.1) is 29.3 Å². The van der Waals surface area contributed by atoms with Gasteiger partial charge in [0, 0.05) is 13.1 Å². The van der Waals surface area contributed by atoms with Crippen LogP contribution in [-0.4, -0.2) is 33.8 Å². The van der Waals surface area contributed by atoms with Gasteiger partial charge in [0.2, 0.25) is 0 Å². The molecule has 4 rings (SSSR count). The lowest BCUT2D eigenvalue weighted by Crippen LogP contribution is -2.29. The van der Waals surface area contributed by atoms with Gasteiger partial charge >= 0.3 is 6.18 Å². The van der Waals surface area contributed by atoms with Crippen LogP contribution >= 0.6 is 0 Å². The fourth-order valence-corrected chi connectivity index (χ4v) is 3.75. The van der Waals surface area contributed by atoms with E-state index in [4.69, 9.17) is 0 Å². The Morgan fingerprint density at radius 2 is 1.77 bits per heavy atom. The summed E-state index contributed by atoms with van der Waals surface area (Å²) in [4.78, 5) is 19.1. The third kappa shape index (κ3) is 4.40. The molecule has 0 atom stereocenters. The van der Waals surface area contributed by atoms with E-state index < -0.39 is 23.3 Å². The second-order valence-corrected chi connectivity index (χ2v) is 7.51. The largest absolute Gasteiger partial charge is 0.434 e. The third-order valence-corrected chi connectivity index (χ3v) is 5.34. The zero-order valence-electron chi connectivity index (χ0n) is 17.0. The van der Waals surface area contributed by atoms with E-state index in [1.165, 1.54) is 12.5 Å². The fraction of sp³-hybridized carbons (Fsp3) is 0.318. The summed E-state index contributed by atoms with van der Waals surface area (Å²) in [6.07, 6.45) is 1.23. The zero-order valence-corrected chi connectivity index (χ0v) is 17.0. The van der Waals surface area contributed by atoms with Crippen LogP contribution in [0.1, 0.15) is 40.9 Å². The Bertz CT molecular complexity index is 1070. The number of rotatable bonds is 4. The van der Waals surface area contributed by atoms with Crippen LogP contribution in [0, 0.1) is 6.92 Å². The first-order valence-corrected chi connectivity index (χ1v) is 10.1. The van der Waals surface area contributed by atoms with Gasteiger partial charge in [-0.05, 0) is 49.9 Å². The molecule has 3 aromatic rings. The van der Waals surface area contributed by atoms with Gasteiger partial charge in [0.1, 0.15) is 5.82 Å². The highest BCUT2D eigenvalue weighted by atomic mass is 19.4. The van der Waals surface area contributed by atoms with Gasteiger partial charge in [-0.25, -0.2) is 9.67 Å². The molecule has 0 bridgehead atoms. The minimum absolute atomic E-state index is 0.183. The summed E-state index contributed by atoms with van der Waals surface area (Å²) < 4.78 is 42.3. The monoisotopic (exact) mass is 429 g/mol. The number of benzene rings is 1. The van der Waals surface area contributed by atoms with Crippen LogP contribution in [0.2, 0.25) is 0 Å². The van der Waals surface area contributed by atoms with E-state index in [0.717, 1.165) is 42.5 Å². The fourth-order valence-electron chi connectivity index (χ4n) is 3.75. The molecule has 1 amide bonds. The van der Waals surface area contributed by atoms with E-state index in [0.29, 0.717) is 5.56 Å². The van der Waals surface area contributed by atoms with Crippen molar-refractivity contribution in [2.45, 2.75) is 32.4 Å². The van der Waals surface area contributed by atoms with Crippen LogP contribution in [-0.2, 0) is 6.18 Å². The quantitative estimate of drug-likeness (QED) is 0.645. The normalized spacial score (nSPS) is 14.5. The van der Waals surface area contributed by atoms with Crippen molar-refractivity contribution in [1.82, 2.24) is 14.8 Å². The third-order valence-electron chi connectivity index (χ3n) is 5.34. The molecular weight excluding hydrogens is 407 g/mol. The van der Waals surface area contributed by atoms with E-state index in [2.05, 4.69) is 20.3 Å². The first-order valence-electron chi connectivity index (χ1n) is 10.1. The van der Waals surface area contributed by atoms with E-state index in [1.807, 2.05) is 6.07 Å². The van der Waals surface area contributed by atoms with Gasteiger partial charge < -0.3 is 10.2 Å². The minimum Gasteiger partial charge on any atom is -0.370 e. The molecule has 1 aromatic carbocycles. The predicted molar refractivity (Wildman–Crippen MR) is 112 cm³/mol. The van der Waals surface area contributed by atoms with Crippen molar-refractivity contribution >= 4 is 17.4 Å². The van der Waals surface area contributed by atoms with Crippen LogP contribution in [0.15, 0.2) is 48.8 Å². The molecule has 0 spiro atoms. The number of aromatic nitrogens is 3. The van der Waals surface area contributed by atoms with Gasteiger partial charge in [-0.2, -0.15) is 18.3 Å². The second kappa shape index (κ2) is 8.41. The molecule has 31 heavy (non-hydrogen) atoms. The predicted octanol–water partition coefficient (Wildman–Crippen LogP) is 4.84. The van der Waals surface area contributed by atoms with Crippen LogP contribution in [0.4, 0.5) is 24.7 Å². The molecule has 0 aliphatic carbocycles. The number of alkyl halides is 3. The minimum atomic E-state index is -4.77. The summed E-state index contributed by atoms with van der Waals surface area (Å²) in [7, 11) is 0. The number of para-hydroxylation sites is 1. The summed E-state index contributed by atoms with van der Waals surface area (Å²) in [5.74, 6) is -0.729. The molecule has 162 valence electrons. The van der Waals surface area contributed by atoms with Crippen molar-refractivity contribution in [3.05, 3.63) is 65.6 Å². The smallest absolute Gasteiger partial charge is 0.370 e. The first-order chi connectivity index (χ1) is 14.8. The van der Waals surface area contributed by atoms with E-state index >= 15 is 0 Å². The van der Waals surface area contributed by atoms with Crippen molar-refractivity contribution in [2.24, 2.45) is 0 Å². The maximum Gasteiger partial charge on any atom is 0.434 e.